The van der Waals surface area contributed by atoms with E-state index in [9.17, 15) is 8.42 Å². The van der Waals surface area contributed by atoms with Crippen molar-refractivity contribution in [3.63, 3.8) is 0 Å². The van der Waals surface area contributed by atoms with Gasteiger partial charge in [-0.05, 0) is 80.2 Å². The number of pyridine rings is 2. The number of hydrogen-bond donors (Lipinski definition) is 2. The first-order chi connectivity index (χ1) is 18.2. The quantitative estimate of drug-likeness (QED) is 0.327. The zero-order valence-corrected chi connectivity index (χ0v) is 23.0. The molecular weight excluding hydrogens is 520 g/mol. The van der Waals surface area contributed by atoms with Gasteiger partial charge in [-0.15, -0.1) is 0 Å². The topological polar surface area (TPSA) is 101 Å². The summed E-state index contributed by atoms with van der Waals surface area (Å²) in [6.07, 6.45) is 4.64. The van der Waals surface area contributed by atoms with Crippen LogP contribution in [0.2, 0.25) is 0 Å². The summed E-state index contributed by atoms with van der Waals surface area (Å²) < 4.78 is 34.2. The summed E-state index contributed by atoms with van der Waals surface area (Å²) >= 11 is 5.87. The Morgan fingerprint density at radius 3 is 2.39 bits per heavy atom. The highest BCUT2D eigenvalue weighted by atomic mass is 32.2. The van der Waals surface area contributed by atoms with Crippen LogP contribution < -0.4 is 19.7 Å². The molecule has 9 nitrogen and oxygen atoms in total. The van der Waals surface area contributed by atoms with Gasteiger partial charge in [-0.1, -0.05) is 12.1 Å². The molecule has 0 radical (unpaired) electrons. The molecule has 1 aliphatic heterocycles. The Labute approximate surface area is 227 Å². The van der Waals surface area contributed by atoms with E-state index in [1.807, 2.05) is 54.3 Å². The van der Waals surface area contributed by atoms with Gasteiger partial charge in [0, 0.05) is 29.5 Å². The van der Waals surface area contributed by atoms with Crippen molar-refractivity contribution in [2.45, 2.75) is 25.9 Å². The van der Waals surface area contributed by atoms with Crippen LogP contribution in [0.4, 0.5) is 11.4 Å². The fourth-order valence-electron chi connectivity index (χ4n) is 5.00. The number of aryl methyl sites for hydroxylation is 1. The maximum Gasteiger partial charge on any atom is 0.229 e. The zero-order chi connectivity index (χ0) is 27.0. The molecule has 1 fully saturated rings. The van der Waals surface area contributed by atoms with Crippen molar-refractivity contribution in [2.24, 2.45) is 0 Å². The predicted molar refractivity (Wildman–Crippen MR) is 152 cm³/mol. The number of aromatic nitrogens is 3. The Balaban J connectivity index is 1.68. The van der Waals surface area contributed by atoms with Gasteiger partial charge in [-0.2, -0.15) is 0 Å². The number of nitrogens with zero attached hydrogens (tertiary/aromatic N) is 4. The van der Waals surface area contributed by atoms with Crippen LogP contribution in [-0.4, -0.2) is 41.4 Å². The molecule has 2 N–H and O–H groups in total. The van der Waals surface area contributed by atoms with Crippen LogP contribution in [0.1, 0.15) is 34.7 Å². The highest BCUT2D eigenvalue weighted by Gasteiger charge is 2.42. The molecule has 196 valence electrons. The molecule has 1 aliphatic rings. The third-order valence-corrected chi connectivity index (χ3v) is 7.43. The van der Waals surface area contributed by atoms with Crippen LogP contribution in [-0.2, 0) is 10.0 Å². The van der Waals surface area contributed by atoms with Crippen molar-refractivity contribution in [1.29, 1.82) is 0 Å². The van der Waals surface area contributed by atoms with Gasteiger partial charge >= 0.3 is 0 Å². The number of hydrogen-bond acceptors (Lipinski definition) is 6. The summed E-state index contributed by atoms with van der Waals surface area (Å²) in [4.78, 5) is 11.2. The van der Waals surface area contributed by atoms with Crippen LogP contribution in [0.15, 0.2) is 73.1 Å². The van der Waals surface area contributed by atoms with E-state index in [0.717, 1.165) is 34.7 Å². The molecule has 4 aromatic rings. The molecule has 5 rings (SSSR count). The molecule has 4 heterocycles. The lowest BCUT2D eigenvalue weighted by atomic mass is 9.96. The van der Waals surface area contributed by atoms with Gasteiger partial charge in [-0.3, -0.25) is 9.71 Å². The van der Waals surface area contributed by atoms with Gasteiger partial charge < -0.3 is 19.5 Å². The first-order valence-corrected chi connectivity index (χ1v) is 14.2. The maximum absolute atomic E-state index is 12.1. The minimum Gasteiger partial charge on any atom is -0.495 e. The average Bonchev–Trinajstić information content (AvgIpc) is 3.39. The van der Waals surface area contributed by atoms with Crippen molar-refractivity contribution in [3.05, 3.63) is 95.7 Å². The van der Waals surface area contributed by atoms with E-state index in [0.29, 0.717) is 22.2 Å². The highest BCUT2D eigenvalue weighted by Crippen LogP contribution is 2.45. The maximum atomic E-state index is 12.1. The summed E-state index contributed by atoms with van der Waals surface area (Å²) in [7, 11) is -2.04. The molecule has 38 heavy (non-hydrogen) atoms. The lowest BCUT2D eigenvalue weighted by Gasteiger charge is -2.29. The number of anilines is 2. The van der Waals surface area contributed by atoms with Gasteiger partial charge in [0.05, 0.1) is 36.8 Å². The fraction of sp³-hybridized carbons (Fsp3) is 0.222. The van der Waals surface area contributed by atoms with Crippen molar-refractivity contribution < 1.29 is 13.2 Å². The van der Waals surface area contributed by atoms with Crippen LogP contribution >= 0.6 is 12.2 Å². The van der Waals surface area contributed by atoms with E-state index >= 15 is 0 Å². The lowest BCUT2D eigenvalue weighted by Crippen LogP contribution is -2.29. The minimum atomic E-state index is -3.54. The van der Waals surface area contributed by atoms with E-state index in [4.69, 9.17) is 17.0 Å². The molecule has 0 spiro atoms. The third kappa shape index (κ3) is 4.82. The summed E-state index contributed by atoms with van der Waals surface area (Å²) in [5.74, 6) is 1.23. The molecule has 0 unspecified atom stereocenters. The fourth-order valence-corrected chi connectivity index (χ4v) is 5.90. The van der Waals surface area contributed by atoms with Crippen LogP contribution in [0, 0.1) is 13.8 Å². The number of sulfonamides is 1. The van der Waals surface area contributed by atoms with Gasteiger partial charge in [0.2, 0.25) is 10.0 Å². The molecule has 0 amide bonds. The van der Waals surface area contributed by atoms with Gasteiger partial charge in [-0.25, -0.2) is 13.4 Å². The second-order valence-electron chi connectivity index (χ2n) is 9.11. The van der Waals surface area contributed by atoms with Crippen LogP contribution in [0.3, 0.4) is 0 Å². The standard InChI is InChI=1S/C27H28N6O3S2/c1-17-15-20(18(2)32(17)24-10-6-8-14-29-24)26-25(21-9-5-7-13-28-21)30-27(37)33(26)19-11-12-23(36-3)22(16-19)31-38(4,34)35/h5-16,25-26,31H,1-4H3,(H,30,37)/t25-,26+/m1/s1. The SMILES string of the molecule is COc1ccc(N2C(=S)N[C@H](c3ccccn3)[C@@H]2c2cc(C)n(-c3ccccn3)c2C)cc1NS(C)(=O)=O. The van der Waals surface area contributed by atoms with Gasteiger partial charge in [0.15, 0.2) is 5.11 Å². The lowest BCUT2D eigenvalue weighted by molar-refractivity contribution is 0.417. The first-order valence-electron chi connectivity index (χ1n) is 11.9. The number of benzene rings is 1. The van der Waals surface area contributed by atoms with Gasteiger partial charge in [0.1, 0.15) is 11.6 Å². The molecule has 3 aromatic heterocycles. The Hall–Kier alpha value is -3.96. The molecule has 0 aliphatic carbocycles. The number of methoxy groups -OCH3 is 1. The zero-order valence-electron chi connectivity index (χ0n) is 21.4. The van der Waals surface area contributed by atoms with E-state index < -0.39 is 10.0 Å². The van der Waals surface area contributed by atoms with E-state index in [1.54, 1.807) is 24.5 Å². The van der Waals surface area contributed by atoms with Crippen LogP contribution in [0.5, 0.6) is 5.75 Å². The molecular formula is C27H28N6O3S2. The smallest absolute Gasteiger partial charge is 0.229 e. The average molecular weight is 549 g/mol. The molecule has 0 bridgehead atoms. The van der Waals surface area contributed by atoms with E-state index in [-0.39, 0.29) is 12.1 Å². The first kappa shape index (κ1) is 25.7. The second-order valence-corrected chi connectivity index (χ2v) is 11.2. The van der Waals surface area contributed by atoms with E-state index in [1.165, 1.54) is 7.11 Å². The van der Waals surface area contributed by atoms with Crippen molar-refractivity contribution in [1.82, 2.24) is 19.9 Å². The Kier molecular flexibility index (Phi) is 6.80. The molecule has 2 atom stereocenters. The highest BCUT2D eigenvalue weighted by molar-refractivity contribution is 7.92. The Morgan fingerprint density at radius 1 is 1.03 bits per heavy atom. The number of ether oxygens (including phenoxy) is 1. The van der Waals surface area contributed by atoms with Crippen molar-refractivity contribution >= 4 is 38.7 Å². The number of rotatable bonds is 7. The summed E-state index contributed by atoms with van der Waals surface area (Å²) in [6, 6.07) is 18.6. The summed E-state index contributed by atoms with van der Waals surface area (Å²) in [5.41, 5.74) is 4.97. The van der Waals surface area contributed by atoms with Crippen LogP contribution in [0.25, 0.3) is 5.82 Å². The monoisotopic (exact) mass is 548 g/mol. The second kappa shape index (κ2) is 10.1. The van der Waals surface area contributed by atoms with Crippen molar-refractivity contribution in [2.75, 3.05) is 23.0 Å². The summed E-state index contributed by atoms with van der Waals surface area (Å²) in [6.45, 7) is 4.12. The predicted octanol–water partition coefficient (Wildman–Crippen LogP) is 4.44. The minimum absolute atomic E-state index is 0.255. The molecule has 11 heteroatoms. The Morgan fingerprint density at radius 2 is 1.76 bits per heavy atom. The molecule has 1 saturated heterocycles. The van der Waals surface area contributed by atoms with E-state index in [2.05, 4.69) is 37.6 Å². The third-order valence-electron chi connectivity index (χ3n) is 6.52. The largest absolute Gasteiger partial charge is 0.495 e. The summed E-state index contributed by atoms with van der Waals surface area (Å²) in [5, 5.41) is 3.96. The van der Waals surface area contributed by atoms with Crippen molar-refractivity contribution in [3.8, 4) is 11.6 Å². The molecule has 1 aromatic carbocycles. The van der Waals surface area contributed by atoms with Gasteiger partial charge in [0.25, 0.3) is 0 Å². The normalized spacial score (nSPS) is 17.4. The Bertz CT molecular complexity index is 1590. The number of nitrogens with one attached hydrogen (secondary N) is 2. The molecule has 0 saturated carbocycles. The number of thiocarbonyl (C=S) groups is 1.